The molecule has 0 aliphatic carbocycles. The summed E-state index contributed by atoms with van der Waals surface area (Å²) in [5.74, 6) is 2.07. The highest BCUT2D eigenvalue weighted by Gasteiger charge is 2.13. The van der Waals surface area contributed by atoms with Crippen LogP contribution in [0.1, 0.15) is 44.1 Å². The maximum Gasteiger partial charge on any atom is 0.191 e. The molecule has 25 heavy (non-hydrogen) atoms. The van der Waals surface area contributed by atoms with E-state index in [4.69, 9.17) is 9.26 Å². The normalized spacial score (nSPS) is 11.7. The van der Waals surface area contributed by atoms with Crippen LogP contribution in [0.5, 0.6) is 0 Å². The molecule has 0 amide bonds. The van der Waals surface area contributed by atoms with Crippen molar-refractivity contribution in [1.29, 1.82) is 0 Å². The summed E-state index contributed by atoms with van der Waals surface area (Å²) in [5, 5.41) is 10.7. The Hall–Kier alpha value is -0.870. The standard InChI is InChI=1S/C17H33N5O2.HI/c1-6-14(7-2)16-12-15(24-21-16)13-20-17(18-3)19-8-9-22(4)10-11-23-5;/h12,14H,6-11,13H2,1-5H3,(H2,18,19,20);1H. The molecule has 1 heterocycles. The molecule has 0 bridgehead atoms. The SMILES string of the molecule is CCC(CC)c1cc(CNC(=NC)NCCN(C)CCOC)on1.I. The topological polar surface area (TPSA) is 74.9 Å². The monoisotopic (exact) mass is 467 g/mol. The number of likely N-dealkylation sites (N-methyl/N-ethyl adjacent to an activating group) is 1. The van der Waals surface area contributed by atoms with E-state index in [2.05, 4.69) is 46.6 Å². The van der Waals surface area contributed by atoms with Gasteiger partial charge in [-0.25, -0.2) is 0 Å². The molecule has 7 nitrogen and oxygen atoms in total. The van der Waals surface area contributed by atoms with Gasteiger partial charge in [0.05, 0.1) is 18.8 Å². The zero-order valence-corrected chi connectivity index (χ0v) is 18.5. The van der Waals surface area contributed by atoms with E-state index in [1.807, 2.05) is 6.07 Å². The minimum atomic E-state index is 0. The van der Waals surface area contributed by atoms with E-state index in [1.54, 1.807) is 14.2 Å². The van der Waals surface area contributed by atoms with Crippen LogP contribution >= 0.6 is 24.0 Å². The summed E-state index contributed by atoms with van der Waals surface area (Å²) in [6, 6.07) is 2.04. The van der Waals surface area contributed by atoms with Crippen LogP contribution in [0.15, 0.2) is 15.6 Å². The predicted octanol–water partition coefficient (Wildman–Crippen LogP) is 2.44. The number of hydrogen-bond acceptors (Lipinski definition) is 5. The first-order valence-corrected chi connectivity index (χ1v) is 8.72. The Labute approximate surface area is 169 Å². The Bertz CT molecular complexity index is 477. The third-order valence-corrected chi connectivity index (χ3v) is 4.10. The van der Waals surface area contributed by atoms with Crippen molar-refractivity contribution in [3.8, 4) is 0 Å². The lowest BCUT2D eigenvalue weighted by Crippen LogP contribution is -2.41. The van der Waals surface area contributed by atoms with Gasteiger partial charge in [0.1, 0.15) is 0 Å². The quantitative estimate of drug-likeness (QED) is 0.296. The average Bonchev–Trinajstić information content (AvgIpc) is 3.06. The van der Waals surface area contributed by atoms with Crippen LogP contribution in [0.4, 0.5) is 0 Å². The number of aliphatic imine (C=N–C) groups is 1. The summed E-state index contributed by atoms with van der Waals surface area (Å²) in [4.78, 5) is 6.44. The lowest BCUT2D eigenvalue weighted by atomic mass is 9.99. The first-order valence-electron chi connectivity index (χ1n) is 8.72. The van der Waals surface area contributed by atoms with Gasteiger partial charge >= 0.3 is 0 Å². The summed E-state index contributed by atoms with van der Waals surface area (Å²) in [7, 11) is 5.56. The van der Waals surface area contributed by atoms with Crippen molar-refractivity contribution in [2.75, 3.05) is 47.4 Å². The highest BCUT2D eigenvalue weighted by atomic mass is 127. The van der Waals surface area contributed by atoms with Crippen molar-refractivity contribution in [1.82, 2.24) is 20.7 Å². The Balaban J connectivity index is 0.00000576. The first kappa shape index (κ1) is 24.1. The zero-order valence-electron chi connectivity index (χ0n) is 16.2. The fourth-order valence-corrected chi connectivity index (χ4v) is 2.43. The van der Waals surface area contributed by atoms with Crippen molar-refractivity contribution in [3.63, 3.8) is 0 Å². The average molecular weight is 467 g/mol. The lowest BCUT2D eigenvalue weighted by molar-refractivity contribution is 0.162. The van der Waals surface area contributed by atoms with Gasteiger partial charge in [0.15, 0.2) is 11.7 Å². The van der Waals surface area contributed by atoms with E-state index >= 15 is 0 Å². The molecular formula is C17H34IN5O2. The molecular weight excluding hydrogens is 433 g/mol. The summed E-state index contributed by atoms with van der Waals surface area (Å²) >= 11 is 0. The molecule has 0 saturated carbocycles. The van der Waals surface area contributed by atoms with Crippen LogP contribution in [0.3, 0.4) is 0 Å². The maximum atomic E-state index is 5.41. The first-order chi connectivity index (χ1) is 11.6. The van der Waals surface area contributed by atoms with Crippen molar-refractivity contribution in [2.45, 2.75) is 39.2 Å². The number of guanidine groups is 1. The predicted molar refractivity (Wildman–Crippen MR) is 113 cm³/mol. The van der Waals surface area contributed by atoms with Crippen LogP contribution < -0.4 is 10.6 Å². The molecule has 0 saturated heterocycles. The van der Waals surface area contributed by atoms with E-state index in [0.29, 0.717) is 12.5 Å². The summed E-state index contributed by atoms with van der Waals surface area (Å²) < 4.78 is 10.5. The Morgan fingerprint density at radius 1 is 1.32 bits per heavy atom. The van der Waals surface area contributed by atoms with Crippen LogP contribution in [0, 0.1) is 0 Å². The largest absolute Gasteiger partial charge is 0.383 e. The molecule has 1 aromatic rings. The van der Waals surface area contributed by atoms with Gasteiger partial charge in [-0.05, 0) is 19.9 Å². The molecule has 8 heteroatoms. The van der Waals surface area contributed by atoms with E-state index in [1.165, 1.54) is 0 Å². The Morgan fingerprint density at radius 2 is 2.04 bits per heavy atom. The molecule has 2 N–H and O–H groups in total. The van der Waals surface area contributed by atoms with E-state index in [9.17, 15) is 0 Å². The van der Waals surface area contributed by atoms with E-state index in [0.717, 1.165) is 56.5 Å². The van der Waals surface area contributed by atoms with E-state index in [-0.39, 0.29) is 24.0 Å². The number of nitrogens with zero attached hydrogens (tertiary/aromatic N) is 3. The van der Waals surface area contributed by atoms with Gasteiger partial charge in [0.25, 0.3) is 0 Å². The summed E-state index contributed by atoms with van der Waals surface area (Å²) in [6.07, 6.45) is 2.16. The van der Waals surface area contributed by atoms with Crippen molar-refractivity contribution >= 4 is 29.9 Å². The third kappa shape index (κ3) is 9.41. The molecule has 1 aromatic heterocycles. The Morgan fingerprint density at radius 3 is 2.64 bits per heavy atom. The molecule has 0 atom stereocenters. The maximum absolute atomic E-state index is 5.41. The summed E-state index contributed by atoms with van der Waals surface area (Å²) in [5.41, 5.74) is 1.04. The van der Waals surface area contributed by atoms with Gasteiger partial charge < -0.3 is 24.8 Å². The third-order valence-electron chi connectivity index (χ3n) is 4.10. The van der Waals surface area contributed by atoms with Crippen LogP contribution in [0.2, 0.25) is 0 Å². The van der Waals surface area contributed by atoms with Gasteiger partial charge in [-0.1, -0.05) is 19.0 Å². The van der Waals surface area contributed by atoms with Gasteiger partial charge in [-0.15, -0.1) is 24.0 Å². The smallest absolute Gasteiger partial charge is 0.191 e. The summed E-state index contributed by atoms with van der Waals surface area (Å²) in [6.45, 7) is 8.33. The van der Waals surface area contributed by atoms with Crippen molar-refractivity contribution in [2.24, 2.45) is 4.99 Å². The molecule has 0 aliphatic rings. The van der Waals surface area contributed by atoms with Crippen LogP contribution in [-0.2, 0) is 11.3 Å². The van der Waals surface area contributed by atoms with Crippen molar-refractivity contribution in [3.05, 3.63) is 17.5 Å². The molecule has 0 radical (unpaired) electrons. The molecule has 0 aliphatic heterocycles. The van der Waals surface area contributed by atoms with Gasteiger partial charge in [0.2, 0.25) is 0 Å². The number of nitrogens with one attached hydrogen (secondary N) is 2. The number of ether oxygens (including phenoxy) is 1. The highest BCUT2D eigenvalue weighted by Crippen LogP contribution is 2.22. The molecule has 0 fully saturated rings. The molecule has 1 rings (SSSR count). The fraction of sp³-hybridized carbons (Fsp3) is 0.765. The van der Waals surface area contributed by atoms with Gasteiger partial charge in [0, 0.05) is 45.8 Å². The van der Waals surface area contributed by atoms with Gasteiger partial charge in [-0.2, -0.15) is 0 Å². The van der Waals surface area contributed by atoms with Crippen molar-refractivity contribution < 1.29 is 9.26 Å². The van der Waals surface area contributed by atoms with E-state index < -0.39 is 0 Å². The number of hydrogen-bond donors (Lipinski definition) is 2. The number of methoxy groups -OCH3 is 1. The second-order valence-electron chi connectivity index (χ2n) is 5.88. The highest BCUT2D eigenvalue weighted by molar-refractivity contribution is 14.0. The van der Waals surface area contributed by atoms with Crippen LogP contribution in [0.25, 0.3) is 0 Å². The van der Waals surface area contributed by atoms with Gasteiger partial charge in [-0.3, -0.25) is 4.99 Å². The minimum Gasteiger partial charge on any atom is -0.383 e. The fourth-order valence-electron chi connectivity index (χ4n) is 2.43. The number of rotatable bonds is 11. The molecule has 146 valence electrons. The lowest BCUT2D eigenvalue weighted by Gasteiger charge is -2.17. The number of aromatic nitrogens is 1. The zero-order chi connectivity index (χ0) is 17.8. The minimum absolute atomic E-state index is 0. The Kier molecular flexibility index (Phi) is 13.8. The second kappa shape index (κ2) is 14.3. The second-order valence-corrected chi connectivity index (χ2v) is 5.88. The van der Waals surface area contributed by atoms with Crippen LogP contribution in [-0.4, -0.2) is 63.5 Å². The molecule has 0 aromatic carbocycles. The number of halogens is 1. The molecule has 0 spiro atoms. The molecule has 0 unspecified atom stereocenters.